The Bertz CT molecular complexity index is 645. The zero-order chi connectivity index (χ0) is 15.2. The van der Waals surface area contributed by atoms with Gasteiger partial charge >= 0.3 is 0 Å². The summed E-state index contributed by atoms with van der Waals surface area (Å²) in [6, 6.07) is 13.5. The number of nitrogens with one attached hydrogen (secondary N) is 2. The summed E-state index contributed by atoms with van der Waals surface area (Å²) < 4.78 is 0. The molecule has 0 saturated heterocycles. The van der Waals surface area contributed by atoms with Crippen molar-refractivity contribution < 1.29 is 0 Å². The van der Waals surface area contributed by atoms with Gasteiger partial charge in [0.1, 0.15) is 0 Å². The Morgan fingerprint density at radius 1 is 1.10 bits per heavy atom. The zero-order valence-corrected chi connectivity index (χ0v) is 13.4. The van der Waals surface area contributed by atoms with Crippen molar-refractivity contribution in [1.29, 1.82) is 0 Å². The number of nitrogens with zero attached hydrogens (tertiary/aromatic N) is 1. The second kappa shape index (κ2) is 7.20. The fourth-order valence-electron chi connectivity index (χ4n) is 1.87. The van der Waals surface area contributed by atoms with E-state index in [2.05, 4.69) is 15.8 Å². The Kier molecular flexibility index (Phi) is 5.31. The minimum atomic E-state index is 0.456. The molecule has 0 bridgehead atoms. The second-order valence-electron chi connectivity index (χ2n) is 4.64. The van der Waals surface area contributed by atoms with E-state index in [0.29, 0.717) is 10.1 Å². The van der Waals surface area contributed by atoms with Crippen molar-refractivity contribution in [3.05, 3.63) is 64.2 Å². The van der Waals surface area contributed by atoms with Gasteiger partial charge in [-0.05, 0) is 54.9 Å². The molecule has 0 aliphatic heterocycles. The molecule has 0 aromatic heterocycles. The fraction of sp³-hybridized carbons (Fsp3) is 0.125. The van der Waals surface area contributed by atoms with Crippen LogP contribution in [0.3, 0.4) is 0 Å². The maximum Gasteiger partial charge on any atom is 0.191 e. The van der Waals surface area contributed by atoms with Gasteiger partial charge in [0.15, 0.2) is 5.11 Å². The zero-order valence-electron chi connectivity index (χ0n) is 11.9. The highest BCUT2D eigenvalue weighted by molar-refractivity contribution is 7.80. The van der Waals surface area contributed by atoms with Crippen LogP contribution in [0.5, 0.6) is 0 Å². The molecule has 0 unspecified atom stereocenters. The van der Waals surface area contributed by atoms with E-state index < -0.39 is 0 Å². The van der Waals surface area contributed by atoms with Crippen LogP contribution in [0.4, 0.5) is 5.69 Å². The van der Waals surface area contributed by atoms with E-state index >= 15 is 0 Å². The van der Waals surface area contributed by atoms with Crippen molar-refractivity contribution in [3.63, 3.8) is 0 Å². The summed E-state index contributed by atoms with van der Waals surface area (Å²) in [7, 11) is 0. The Morgan fingerprint density at radius 3 is 2.33 bits per heavy atom. The molecule has 5 heteroatoms. The van der Waals surface area contributed by atoms with Crippen molar-refractivity contribution in [3.8, 4) is 0 Å². The topological polar surface area (TPSA) is 36.4 Å². The second-order valence-corrected chi connectivity index (χ2v) is 5.49. The molecule has 2 N–H and O–H groups in total. The predicted molar refractivity (Wildman–Crippen MR) is 94.3 cm³/mol. The Hall–Kier alpha value is -1.91. The van der Waals surface area contributed by atoms with Gasteiger partial charge < -0.3 is 5.32 Å². The van der Waals surface area contributed by atoms with E-state index in [0.717, 1.165) is 22.4 Å². The number of hydrogen-bond acceptors (Lipinski definition) is 2. The molecular weight excluding hydrogens is 302 g/mol. The number of aryl methyl sites for hydroxylation is 2. The van der Waals surface area contributed by atoms with E-state index in [-0.39, 0.29) is 0 Å². The van der Waals surface area contributed by atoms with Crippen molar-refractivity contribution in [2.75, 3.05) is 5.32 Å². The molecule has 0 saturated carbocycles. The number of hydrazone groups is 1. The molecule has 0 radical (unpaired) electrons. The fourth-order valence-corrected chi connectivity index (χ4v) is 2.15. The van der Waals surface area contributed by atoms with E-state index in [9.17, 15) is 0 Å². The van der Waals surface area contributed by atoms with Gasteiger partial charge in [-0.25, -0.2) is 0 Å². The van der Waals surface area contributed by atoms with E-state index in [4.69, 9.17) is 23.8 Å². The first-order valence-corrected chi connectivity index (χ1v) is 7.27. The average Bonchev–Trinajstić information content (AvgIpc) is 2.45. The molecule has 0 amide bonds. The highest BCUT2D eigenvalue weighted by atomic mass is 35.5. The molecule has 108 valence electrons. The summed E-state index contributed by atoms with van der Waals surface area (Å²) in [5.41, 5.74) is 7.04. The van der Waals surface area contributed by atoms with Crippen molar-refractivity contribution >= 4 is 40.8 Å². The highest BCUT2D eigenvalue weighted by Crippen LogP contribution is 2.19. The molecule has 2 aromatic carbocycles. The van der Waals surface area contributed by atoms with Gasteiger partial charge in [-0.15, -0.1) is 0 Å². The third-order valence-electron chi connectivity index (χ3n) is 2.97. The summed E-state index contributed by atoms with van der Waals surface area (Å²) in [6.45, 7) is 4.07. The molecule has 0 atom stereocenters. The Labute approximate surface area is 135 Å². The molecule has 2 rings (SSSR count). The van der Waals surface area contributed by atoms with Crippen LogP contribution in [0.25, 0.3) is 0 Å². The summed E-state index contributed by atoms with van der Waals surface area (Å²) in [4.78, 5) is 0. The SMILES string of the molecule is Cc1cccc(C)c1NC(=S)N/N=C\c1ccc(Cl)cc1. The van der Waals surface area contributed by atoms with Crippen LogP contribution in [0.15, 0.2) is 47.6 Å². The standard InChI is InChI=1S/C16H16ClN3S/c1-11-4-3-5-12(2)15(11)19-16(21)20-18-10-13-6-8-14(17)9-7-13/h3-10H,1-2H3,(H2,19,20,21)/b18-10-. The summed E-state index contributed by atoms with van der Waals surface area (Å²) in [5, 5.41) is 8.42. The molecule has 0 fully saturated rings. The van der Waals surface area contributed by atoms with Gasteiger partial charge in [0.05, 0.1) is 6.21 Å². The van der Waals surface area contributed by atoms with Crippen LogP contribution >= 0.6 is 23.8 Å². The van der Waals surface area contributed by atoms with E-state index in [1.807, 2.05) is 56.3 Å². The van der Waals surface area contributed by atoms with Crippen LogP contribution in [0.2, 0.25) is 5.02 Å². The van der Waals surface area contributed by atoms with Gasteiger partial charge in [-0.2, -0.15) is 5.10 Å². The number of thiocarbonyl (C=S) groups is 1. The molecule has 0 heterocycles. The number of halogens is 1. The largest absolute Gasteiger partial charge is 0.331 e. The third kappa shape index (κ3) is 4.55. The Morgan fingerprint density at radius 2 is 1.71 bits per heavy atom. The summed E-state index contributed by atoms with van der Waals surface area (Å²) >= 11 is 11.1. The van der Waals surface area contributed by atoms with Gasteiger partial charge in [0.2, 0.25) is 0 Å². The number of rotatable bonds is 3. The highest BCUT2D eigenvalue weighted by Gasteiger charge is 2.03. The van der Waals surface area contributed by atoms with Crippen LogP contribution < -0.4 is 10.7 Å². The minimum absolute atomic E-state index is 0.456. The van der Waals surface area contributed by atoms with Gasteiger partial charge in [-0.3, -0.25) is 5.43 Å². The number of anilines is 1. The van der Waals surface area contributed by atoms with Crippen LogP contribution in [0.1, 0.15) is 16.7 Å². The first-order chi connectivity index (χ1) is 10.1. The molecule has 2 aromatic rings. The molecule has 0 spiro atoms. The summed E-state index contributed by atoms with van der Waals surface area (Å²) in [6.07, 6.45) is 1.69. The molecular formula is C16H16ClN3S. The number of hydrogen-bond donors (Lipinski definition) is 2. The predicted octanol–water partition coefficient (Wildman–Crippen LogP) is 4.28. The monoisotopic (exact) mass is 317 g/mol. The lowest BCUT2D eigenvalue weighted by Gasteiger charge is -2.12. The third-order valence-corrected chi connectivity index (χ3v) is 3.41. The average molecular weight is 318 g/mol. The number of para-hydroxylation sites is 1. The van der Waals surface area contributed by atoms with Gasteiger partial charge in [0, 0.05) is 10.7 Å². The van der Waals surface area contributed by atoms with Crippen molar-refractivity contribution in [2.24, 2.45) is 5.10 Å². The molecule has 3 nitrogen and oxygen atoms in total. The Balaban J connectivity index is 1.95. The quantitative estimate of drug-likeness (QED) is 0.504. The van der Waals surface area contributed by atoms with Gasteiger partial charge in [-0.1, -0.05) is 41.9 Å². The summed E-state index contributed by atoms with van der Waals surface area (Å²) in [5.74, 6) is 0. The van der Waals surface area contributed by atoms with Gasteiger partial charge in [0.25, 0.3) is 0 Å². The molecule has 0 aliphatic carbocycles. The maximum absolute atomic E-state index is 5.83. The lowest BCUT2D eigenvalue weighted by molar-refractivity contribution is 1.05. The smallest absolute Gasteiger partial charge is 0.191 e. The maximum atomic E-state index is 5.83. The number of benzene rings is 2. The lowest BCUT2D eigenvalue weighted by atomic mass is 10.1. The minimum Gasteiger partial charge on any atom is -0.331 e. The van der Waals surface area contributed by atoms with Crippen LogP contribution in [-0.2, 0) is 0 Å². The van der Waals surface area contributed by atoms with Crippen LogP contribution in [0, 0.1) is 13.8 Å². The van der Waals surface area contributed by atoms with E-state index in [1.54, 1.807) is 6.21 Å². The molecule has 0 aliphatic rings. The van der Waals surface area contributed by atoms with Crippen molar-refractivity contribution in [2.45, 2.75) is 13.8 Å². The first kappa shape index (κ1) is 15.5. The first-order valence-electron chi connectivity index (χ1n) is 6.48. The molecule has 21 heavy (non-hydrogen) atoms. The lowest BCUT2D eigenvalue weighted by Crippen LogP contribution is -2.24. The van der Waals surface area contributed by atoms with Crippen molar-refractivity contribution in [1.82, 2.24) is 5.43 Å². The van der Waals surface area contributed by atoms with E-state index in [1.165, 1.54) is 0 Å². The normalized spacial score (nSPS) is 10.6. The van der Waals surface area contributed by atoms with Crippen LogP contribution in [-0.4, -0.2) is 11.3 Å².